The predicted molar refractivity (Wildman–Crippen MR) is 98.1 cm³/mol. The Morgan fingerprint density at radius 1 is 1.12 bits per heavy atom. The number of hydrogen-bond acceptors (Lipinski definition) is 3. The average molecular weight is 351 g/mol. The van der Waals surface area contributed by atoms with Gasteiger partial charge in [0.15, 0.2) is 0 Å². The zero-order valence-electron chi connectivity index (χ0n) is 14.9. The van der Waals surface area contributed by atoms with Crippen molar-refractivity contribution in [2.75, 3.05) is 26.2 Å². The molecule has 26 heavy (non-hydrogen) atoms. The zero-order valence-corrected chi connectivity index (χ0v) is 14.9. The maximum atomic E-state index is 13.9. The number of piperazine rings is 1. The Labute approximate surface area is 153 Å². The quantitative estimate of drug-likeness (QED) is 0.850. The van der Waals surface area contributed by atoms with Crippen molar-refractivity contribution in [2.24, 2.45) is 0 Å². The topological polar surface area (TPSA) is 47.3 Å². The van der Waals surface area contributed by atoms with Crippen LogP contribution in [0.5, 0.6) is 0 Å². The lowest BCUT2D eigenvalue weighted by molar-refractivity contribution is 0.0627. The molecule has 2 aromatic carbocycles. The first-order valence-electron chi connectivity index (χ1n) is 8.90. The Balaban J connectivity index is 1.58. The molecule has 0 radical (unpaired) electrons. The minimum atomic E-state index is -0.293. The van der Waals surface area contributed by atoms with Gasteiger partial charge < -0.3 is 4.90 Å². The fourth-order valence-corrected chi connectivity index (χ4v) is 3.18. The van der Waals surface area contributed by atoms with E-state index in [-0.39, 0.29) is 11.7 Å². The molecule has 0 atom stereocenters. The van der Waals surface area contributed by atoms with Crippen LogP contribution in [0.25, 0.3) is 0 Å². The summed E-state index contributed by atoms with van der Waals surface area (Å²) in [5.74, 6) is -0.247. The van der Waals surface area contributed by atoms with E-state index in [1.54, 1.807) is 6.07 Å². The fraction of sp³-hybridized carbons (Fsp3) is 0.333. The van der Waals surface area contributed by atoms with Crippen LogP contribution in [0.3, 0.4) is 0 Å². The van der Waals surface area contributed by atoms with Gasteiger partial charge in [-0.3, -0.25) is 9.69 Å². The SMILES string of the molecule is CCc1ccc(C(=O)N2CCN(Cc3cc(C#N)ccc3F)CC2)cc1. The molecule has 1 amide bonds. The lowest BCUT2D eigenvalue weighted by atomic mass is 10.1. The van der Waals surface area contributed by atoms with E-state index in [0.717, 1.165) is 6.42 Å². The second-order valence-electron chi connectivity index (χ2n) is 6.54. The Morgan fingerprint density at radius 2 is 1.81 bits per heavy atom. The van der Waals surface area contributed by atoms with E-state index in [0.29, 0.717) is 49.4 Å². The molecule has 2 aromatic rings. The Kier molecular flexibility index (Phi) is 5.65. The molecular weight excluding hydrogens is 329 g/mol. The molecule has 134 valence electrons. The van der Waals surface area contributed by atoms with Gasteiger partial charge in [0.05, 0.1) is 11.6 Å². The van der Waals surface area contributed by atoms with E-state index >= 15 is 0 Å². The molecule has 5 heteroatoms. The van der Waals surface area contributed by atoms with E-state index in [9.17, 15) is 9.18 Å². The van der Waals surface area contributed by atoms with Gasteiger partial charge in [-0.15, -0.1) is 0 Å². The van der Waals surface area contributed by atoms with Crippen molar-refractivity contribution in [1.82, 2.24) is 9.80 Å². The predicted octanol–water partition coefficient (Wildman–Crippen LogP) is 3.22. The molecule has 0 N–H and O–H groups in total. The van der Waals surface area contributed by atoms with Crippen molar-refractivity contribution in [1.29, 1.82) is 5.26 Å². The highest BCUT2D eigenvalue weighted by Crippen LogP contribution is 2.16. The molecule has 1 aliphatic heterocycles. The third-order valence-electron chi connectivity index (χ3n) is 4.84. The highest BCUT2D eigenvalue weighted by molar-refractivity contribution is 5.94. The molecule has 1 fully saturated rings. The summed E-state index contributed by atoms with van der Waals surface area (Å²) in [5, 5.41) is 8.97. The van der Waals surface area contributed by atoms with Crippen molar-refractivity contribution in [2.45, 2.75) is 19.9 Å². The molecule has 0 unspecified atom stereocenters. The summed E-state index contributed by atoms with van der Waals surface area (Å²) >= 11 is 0. The summed E-state index contributed by atoms with van der Waals surface area (Å²) in [4.78, 5) is 16.6. The molecule has 3 rings (SSSR count). The average Bonchev–Trinajstić information content (AvgIpc) is 2.70. The van der Waals surface area contributed by atoms with Crippen molar-refractivity contribution < 1.29 is 9.18 Å². The molecule has 0 aliphatic carbocycles. The van der Waals surface area contributed by atoms with E-state index in [2.05, 4.69) is 11.8 Å². The number of carbonyl (C=O) groups is 1. The molecule has 0 spiro atoms. The number of aryl methyl sites for hydroxylation is 1. The van der Waals surface area contributed by atoms with Gasteiger partial charge in [-0.05, 0) is 42.3 Å². The number of nitrogens with zero attached hydrogens (tertiary/aromatic N) is 3. The van der Waals surface area contributed by atoms with E-state index < -0.39 is 0 Å². The third kappa shape index (κ3) is 4.09. The molecular formula is C21H22FN3O. The van der Waals surface area contributed by atoms with Gasteiger partial charge in [0.1, 0.15) is 5.82 Å². The van der Waals surface area contributed by atoms with E-state index in [1.807, 2.05) is 35.2 Å². The summed E-state index contributed by atoms with van der Waals surface area (Å²) in [7, 11) is 0. The van der Waals surface area contributed by atoms with Gasteiger partial charge in [0, 0.05) is 43.9 Å². The van der Waals surface area contributed by atoms with Crippen LogP contribution in [0.4, 0.5) is 4.39 Å². The van der Waals surface area contributed by atoms with E-state index in [1.165, 1.54) is 17.7 Å². The number of hydrogen-bond donors (Lipinski definition) is 0. The fourth-order valence-electron chi connectivity index (χ4n) is 3.18. The molecule has 0 aromatic heterocycles. The third-order valence-corrected chi connectivity index (χ3v) is 4.84. The standard InChI is InChI=1S/C21H22FN3O/c1-2-16-3-6-18(7-4-16)21(26)25-11-9-24(10-12-25)15-19-13-17(14-23)5-8-20(19)22/h3-8,13H,2,9-12,15H2,1H3. The first-order valence-corrected chi connectivity index (χ1v) is 8.90. The summed E-state index contributed by atoms with van der Waals surface area (Å²) in [6.45, 7) is 5.16. The molecule has 4 nitrogen and oxygen atoms in total. The second kappa shape index (κ2) is 8.11. The van der Waals surface area contributed by atoms with Gasteiger partial charge in [0.25, 0.3) is 5.91 Å². The minimum absolute atomic E-state index is 0.0463. The smallest absolute Gasteiger partial charge is 0.253 e. The molecule has 0 bridgehead atoms. The normalized spacial score (nSPS) is 14.9. The maximum Gasteiger partial charge on any atom is 0.253 e. The van der Waals surface area contributed by atoms with Crippen molar-refractivity contribution in [3.8, 4) is 6.07 Å². The van der Waals surface area contributed by atoms with Crippen LogP contribution in [0.15, 0.2) is 42.5 Å². The Bertz CT molecular complexity index is 818. The van der Waals surface area contributed by atoms with Crippen molar-refractivity contribution in [3.05, 3.63) is 70.5 Å². The Morgan fingerprint density at radius 3 is 2.42 bits per heavy atom. The van der Waals surface area contributed by atoms with Crippen LogP contribution in [0, 0.1) is 17.1 Å². The number of rotatable bonds is 4. The summed E-state index contributed by atoms with van der Waals surface area (Å²) in [6, 6.07) is 14.2. The summed E-state index contributed by atoms with van der Waals surface area (Å²) in [5.41, 5.74) is 2.92. The zero-order chi connectivity index (χ0) is 18.5. The second-order valence-corrected chi connectivity index (χ2v) is 6.54. The summed E-state index contributed by atoms with van der Waals surface area (Å²) in [6.07, 6.45) is 0.955. The van der Waals surface area contributed by atoms with Crippen LogP contribution < -0.4 is 0 Å². The first kappa shape index (κ1) is 18.1. The molecule has 0 saturated carbocycles. The van der Waals surface area contributed by atoms with Gasteiger partial charge in [-0.25, -0.2) is 4.39 Å². The van der Waals surface area contributed by atoms with Crippen molar-refractivity contribution >= 4 is 5.91 Å². The van der Waals surface area contributed by atoms with Crippen LogP contribution in [-0.4, -0.2) is 41.9 Å². The lowest BCUT2D eigenvalue weighted by Gasteiger charge is -2.35. The largest absolute Gasteiger partial charge is 0.336 e. The number of nitriles is 1. The Hall–Kier alpha value is -2.71. The maximum absolute atomic E-state index is 13.9. The summed E-state index contributed by atoms with van der Waals surface area (Å²) < 4.78 is 13.9. The highest BCUT2D eigenvalue weighted by atomic mass is 19.1. The van der Waals surface area contributed by atoms with Gasteiger partial charge in [-0.2, -0.15) is 5.26 Å². The first-order chi connectivity index (χ1) is 12.6. The van der Waals surface area contributed by atoms with Gasteiger partial charge in [0.2, 0.25) is 0 Å². The van der Waals surface area contributed by atoms with Gasteiger partial charge in [-0.1, -0.05) is 19.1 Å². The molecule has 1 heterocycles. The van der Waals surface area contributed by atoms with Gasteiger partial charge >= 0.3 is 0 Å². The number of benzene rings is 2. The highest BCUT2D eigenvalue weighted by Gasteiger charge is 2.22. The van der Waals surface area contributed by atoms with Crippen LogP contribution in [0.1, 0.15) is 34.0 Å². The van der Waals surface area contributed by atoms with Crippen LogP contribution >= 0.6 is 0 Å². The molecule has 1 saturated heterocycles. The molecule has 1 aliphatic rings. The van der Waals surface area contributed by atoms with E-state index in [4.69, 9.17) is 5.26 Å². The number of carbonyl (C=O) groups excluding carboxylic acids is 1. The van der Waals surface area contributed by atoms with Crippen LogP contribution in [0.2, 0.25) is 0 Å². The number of halogens is 1. The lowest BCUT2D eigenvalue weighted by Crippen LogP contribution is -2.48. The number of amides is 1. The van der Waals surface area contributed by atoms with Crippen LogP contribution in [-0.2, 0) is 13.0 Å². The minimum Gasteiger partial charge on any atom is -0.336 e. The van der Waals surface area contributed by atoms with Crippen molar-refractivity contribution in [3.63, 3.8) is 0 Å². The monoisotopic (exact) mass is 351 g/mol.